The molecule has 2 saturated heterocycles. The number of ether oxygens (including phenoxy) is 8. The van der Waals surface area contributed by atoms with Gasteiger partial charge in [0.2, 0.25) is 0 Å². The van der Waals surface area contributed by atoms with Gasteiger partial charge in [-0.2, -0.15) is 0 Å². The van der Waals surface area contributed by atoms with E-state index in [4.69, 9.17) is 37.9 Å². The van der Waals surface area contributed by atoms with E-state index < -0.39 is 61.9 Å². The largest absolute Gasteiger partial charge is 0.394 e. The Morgan fingerprint density at radius 3 is 1.88 bits per heavy atom. The zero-order valence-electron chi connectivity index (χ0n) is 23.5. The van der Waals surface area contributed by atoms with Gasteiger partial charge >= 0.3 is 0 Å². The molecule has 2 heterocycles. The van der Waals surface area contributed by atoms with Gasteiger partial charge in [-0.3, -0.25) is 0 Å². The van der Waals surface area contributed by atoms with Crippen molar-refractivity contribution in [3.63, 3.8) is 0 Å². The number of benzene rings is 2. The minimum Gasteiger partial charge on any atom is -0.394 e. The van der Waals surface area contributed by atoms with Crippen molar-refractivity contribution in [2.45, 2.75) is 75.4 Å². The number of rotatable bonds is 13. The zero-order valence-corrected chi connectivity index (χ0v) is 23.5. The van der Waals surface area contributed by atoms with Gasteiger partial charge < -0.3 is 48.1 Å². The van der Waals surface area contributed by atoms with Gasteiger partial charge in [-0.1, -0.05) is 67.6 Å². The highest BCUT2D eigenvalue weighted by molar-refractivity contribution is 5.14. The van der Waals surface area contributed by atoms with Gasteiger partial charge in [0.15, 0.2) is 12.6 Å². The van der Waals surface area contributed by atoms with Crippen LogP contribution in [0.2, 0.25) is 0 Å². The van der Waals surface area contributed by atoms with Crippen molar-refractivity contribution >= 4 is 0 Å². The van der Waals surface area contributed by atoms with Gasteiger partial charge in [-0.15, -0.1) is 0 Å². The number of hydrogen-bond donors (Lipinski definition) is 2. The molecule has 2 aromatic carbocycles. The van der Waals surface area contributed by atoms with Crippen molar-refractivity contribution in [3.8, 4) is 0 Å². The molecule has 0 spiro atoms. The number of hydrogen-bond acceptors (Lipinski definition) is 10. The van der Waals surface area contributed by atoms with Crippen LogP contribution in [0.5, 0.6) is 0 Å². The van der Waals surface area contributed by atoms with Crippen molar-refractivity contribution in [2.24, 2.45) is 5.92 Å². The molecule has 10 nitrogen and oxygen atoms in total. The maximum absolute atomic E-state index is 10.6. The third kappa shape index (κ3) is 7.46. The lowest BCUT2D eigenvalue weighted by Gasteiger charge is -2.48. The summed E-state index contributed by atoms with van der Waals surface area (Å²) in [7, 11) is 4.55. The lowest BCUT2D eigenvalue weighted by molar-refractivity contribution is -0.358. The third-order valence-corrected chi connectivity index (χ3v) is 7.53. The molecular formula is C30H42O10. The van der Waals surface area contributed by atoms with Crippen LogP contribution in [0.25, 0.3) is 0 Å². The highest BCUT2D eigenvalue weighted by atomic mass is 16.7. The number of aliphatic hydroxyl groups excluding tert-OH is 2. The van der Waals surface area contributed by atoms with Crippen LogP contribution in [-0.4, -0.2) is 100 Å². The van der Waals surface area contributed by atoms with E-state index >= 15 is 0 Å². The Balaban J connectivity index is 1.54. The maximum atomic E-state index is 10.6. The fraction of sp³-hybridized carbons (Fsp3) is 0.600. The van der Waals surface area contributed by atoms with Crippen LogP contribution in [0.3, 0.4) is 0 Å². The highest BCUT2D eigenvalue weighted by Crippen LogP contribution is 2.35. The Morgan fingerprint density at radius 2 is 1.30 bits per heavy atom. The quantitative estimate of drug-likeness (QED) is 0.377. The van der Waals surface area contributed by atoms with E-state index in [1.54, 1.807) is 7.11 Å². The smallest absolute Gasteiger partial charge is 0.187 e. The summed E-state index contributed by atoms with van der Waals surface area (Å²) in [5.41, 5.74) is 2.06. The Hall–Kier alpha value is -1.96. The molecule has 4 unspecified atom stereocenters. The molecule has 40 heavy (non-hydrogen) atoms. The summed E-state index contributed by atoms with van der Waals surface area (Å²) in [4.78, 5) is 0. The topological polar surface area (TPSA) is 114 Å². The first-order valence-corrected chi connectivity index (χ1v) is 13.6. The minimum atomic E-state index is -1.09. The molecule has 2 aliphatic heterocycles. The second-order valence-electron chi connectivity index (χ2n) is 10.1. The Kier molecular flexibility index (Phi) is 11.9. The van der Waals surface area contributed by atoms with Crippen LogP contribution < -0.4 is 0 Å². The first-order valence-electron chi connectivity index (χ1n) is 13.6. The molecule has 0 amide bonds. The van der Waals surface area contributed by atoms with Crippen LogP contribution in [0.4, 0.5) is 0 Å². The summed E-state index contributed by atoms with van der Waals surface area (Å²) in [6.07, 6.45) is -6.74. The highest BCUT2D eigenvalue weighted by Gasteiger charge is 2.51. The molecule has 0 radical (unpaired) electrons. The lowest BCUT2D eigenvalue weighted by Crippen LogP contribution is -2.63. The lowest BCUT2D eigenvalue weighted by atomic mass is 9.90. The molecule has 222 valence electrons. The summed E-state index contributed by atoms with van der Waals surface area (Å²) in [5.74, 6) is -0.228. The van der Waals surface area contributed by atoms with Crippen molar-refractivity contribution in [3.05, 3.63) is 71.8 Å². The molecule has 0 saturated carbocycles. The second-order valence-corrected chi connectivity index (χ2v) is 10.1. The van der Waals surface area contributed by atoms with Gasteiger partial charge in [0, 0.05) is 27.2 Å². The molecule has 0 bridgehead atoms. The Morgan fingerprint density at radius 1 is 0.700 bits per heavy atom. The summed E-state index contributed by atoms with van der Waals surface area (Å²) < 4.78 is 48.2. The van der Waals surface area contributed by atoms with Crippen molar-refractivity contribution in [1.82, 2.24) is 0 Å². The molecule has 10 heteroatoms. The summed E-state index contributed by atoms with van der Waals surface area (Å²) in [6, 6.07) is 19.7. The van der Waals surface area contributed by atoms with E-state index in [0.29, 0.717) is 13.2 Å². The van der Waals surface area contributed by atoms with Crippen LogP contribution in [0, 0.1) is 5.92 Å². The standard InChI is InChI=1S/C30H42O10/c1-19-25(40-30-28(34-3)27(33-2)24(32)22(15-31)38-30)23(18-36-16-20-11-7-5-8-12-20)39-29(35-4)26(19)37-17-21-13-9-6-10-14-21/h5-14,19,22-32H,15-18H2,1-4H3/t19?,22?,23-,24+,25+,26?,27-,28?,29+,30+/m1/s1. The molecule has 10 atom stereocenters. The van der Waals surface area contributed by atoms with Crippen molar-refractivity contribution in [1.29, 1.82) is 0 Å². The van der Waals surface area contributed by atoms with Gasteiger partial charge in [0.1, 0.15) is 36.6 Å². The summed E-state index contributed by atoms with van der Waals surface area (Å²) in [5, 5.41) is 20.5. The van der Waals surface area contributed by atoms with E-state index in [1.165, 1.54) is 14.2 Å². The fourth-order valence-electron chi connectivity index (χ4n) is 5.33. The van der Waals surface area contributed by atoms with Gasteiger partial charge in [-0.25, -0.2) is 0 Å². The van der Waals surface area contributed by atoms with Crippen LogP contribution in [0.1, 0.15) is 18.1 Å². The predicted molar refractivity (Wildman–Crippen MR) is 144 cm³/mol. The Labute approximate surface area is 236 Å². The third-order valence-electron chi connectivity index (χ3n) is 7.53. The molecule has 2 aliphatic rings. The number of aliphatic hydroxyl groups is 2. The van der Waals surface area contributed by atoms with E-state index in [9.17, 15) is 10.2 Å². The Bertz CT molecular complexity index is 977. The monoisotopic (exact) mass is 562 g/mol. The molecule has 0 aliphatic carbocycles. The average Bonchev–Trinajstić information content (AvgIpc) is 2.99. The average molecular weight is 563 g/mol. The molecule has 4 rings (SSSR count). The SMILES string of the molecule is COC1[C@H](O[C@H]2C(C)C(OCc3ccccc3)[C@@H](OC)O[C@@H]2COCc2ccccc2)OC(CO)[C@H](O)[C@H]1OC. The van der Waals surface area contributed by atoms with Crippen LogP contribution in [0.15, 0.2) is 60.7 Å². The van der Waals surface area contributed by atoms with E-state index in [1.807, 2.05) is 67.6 Å². The normalized spacial score (nSPS) is 34.5. The molecule has 2 N–H and O–H groups in total. The second kappa shape index (κ2) is 15.3. The zero-order chi connectivity index (χ0) is 28.5. The van der Waals surface area contributed by atoms with Crippen molar-refractivity contribution < 1.29 is 48.1 Å². The van der Waals surface area contributed by atoms with Crippen molar-refractivity contribution in [2.75, 3.05) is 34.5 Å². The molecule has 0 aromatic heterocycles. The van der Waals surface area contributed by atoms with Gasteiger partial charge in [0.05, 0.1) is 32.5 Å². The van der Waals surface area contributed by atoms with Crippen LogP contribution in [-0.2, 0) is 51.1 Å². The maximum Gasteiger partial charge on any atom is 0.187 e. The van der Waals surface area contributed by atoms with E-state index in [-0.39, 0.29) is 12.5 Å². The fourth-order valence-corrected chi connectivity index (χ4v) is 5.33. The summed E-state index contributed by atoms with van der Waals surface area (Å²) >= 11 is 0. The van der Waals surface area contributed by atoms with E-state index in [0.717, 1.165) is 11.1 Å². The van der Waals surface area contributed by atoms with E-state index in [2.05, 4.69) is 0 Å². The summed E-state index contributed by atoms with van der Waals surface area (Å²) in [6.45, 7) is 2.59. The molecular weight excluding hydrogens is 520 g/mol. The first kappa shape index (κ1) is 31.0. The molecule has 2 fully saturated rings. The minimum absolute atomic E-state index is 0.222. The number of methoxy groups -OCH3 is 3. The van der Waals surface area contributed by atoms with Crippen LogP contribution >= 0.6 is 0 Å². The van der Waals surface area contributed by atoms with Gasteiger partial charge in [-0.05, 0) is 11.1 Å². The first-order chi connectivity index (χ1) is 19.5. The predicted octanol–water partition coefficient (Wildman–Crippen LogP) is 2.29. The molecule has 2 aromatic rings. The van der Waals surface area contributed by atoms with Gasteiger partial charge in [0.25, 0.3) is 0 Å².